The Morgan fingerprint density at radius 2 is 1.94 bits per heavy atom. The lowest BCUT2D eigenvalue weighted by Crippen LogP contribution is -1.97. The Labute approximate surface area is 96.4 Å². The average Bonchev–Trinajstić information content (AvgIpc) is 2.33. The molecule has 1 aromatic carbocycles. The third kappa shape index (κ3) is 4.82. The van der Waals surface area contributed by atoms with Gasteiger partial charge in [0.25, 0.3) is 6.47 Å². The maximum atomic E-state index is 10.0. The van der Waals surface area contributed by atoms with Crippen molar-refractivity contribution in [1.29, 1.82) is 0 Å². The van der Waals surface area contributed by atoms with Gasteiger partial charge in [-0.25, -0.2) is 0 Å². The number of hydrogen-bond donors (Lipinski definition) is 0. The zero-order chi connectivity index (χ0) is 11.6. The molecular weight excluding hydrogens is 204 g/mol. The van der Waals surface area contributed by atoms with Gasteiger partial charge in [-0.1, -0.05) is 31.9 Å². The van der Waals surface area contributed by atoms with E-state index in [2.05, 4.69) is 11.7 Å². The molecule has 88 valence electrons. The van der Waals surface area contributed by atoms with Crippen LogP contribution in [0.25, 0.3) is 0 Å². The molecule has 0 spiro atoms. The van der Waals surface area contributed by atoms with E-state index in [4.69, 9.17) is 4.74 Å². The molecule has 0 atom stereocenters. The summed E-state index contributed by atoms with van der Waals surface area (Å²) in [6.07, 6.45) is 3.49. The number of benzene rings is 1. The minimum absolute atomic E-state index is 0.319. The first-order chi connectivity index (χ1) is 7.86. The van der Waals surface area contributed by atoms with Crippen LogP contribution >= 0.6 is 0 Å². The highest BCUT2D eigenvalue weighted by molar-refractivity contribution is 5.37. The highest BCUT2D eigenvalue weighted by atomic mass is 16.5. The van der Waals surface area contributed by atoms with E-state index in [0.29, 0.717) is 13.1 Å². The van der Waals surface area contributed by atoms with Gasteiger partial charge >= 0.3 is 0 Å². The van der Waals surface area contributed by atoms with Gasteiger partial charge < -0.3 is 9.47 Å². The number of hydrogen-bond acceptors (Lipinski definition) is 3. The van der Waals surface area contributed by atoms with Crippen molar-refractivity contribution in [1.82, 2.24) is 0 Å². The Balaban J connectivity index is 2.30. The molecule has 3 heteroatoms. The fraction of sp³-hybridized carbons (Fsp3) is 0.462. The van der Waals surface area contributed by atoms with Gasteiger partial charge in [0.05, 0.1) is 6.61 Å². The van der Waals surface area contributed by atoms with Gasteiger partial charge in [-0.2, -0.15) is 0 Å². The molecule has 16 heavy (non-hydrogen) atoms. The first kappa shape index (κ1) is 12.6. The van der Waals surface area contributed by atoms with Crippen LogP contribution in [0.1, 0.15) is 31.7 Å². The van der Waals surface area contributed by atoms with Crippen LogP contribution in [0.2, 0.25) is 0 Å². The fourth-order valence-electron chi connectivity index (χ4n) is 1.35. The SMILES string of the molecule is CCCCCOc1ccc(COC=O)cc1. The second kappa shape index (κ2) is 7.74. The molecule has 0 fully saturated rings. The van der Waals surface area contributed by atoms with Crippen molar-refractivity contribution in [2.24, 2.45) is 0 Å². The Morgan fingerprint density at radius 3 is 2.56 bits per heavy atom. The molecule has 0 unspecified atom stereocenters. The largest absolute Gasteiger partial charge is 0.494 e. The van der Waals surface area contributed by atoms with Crippen LogP contribution < -0.4 is 4.74 Å². The van der Waals surface area contributed by atoms with Crippen LogP contribution in [0.15, 0.2) is 24.3 Å². The van der Waals surface area contributed by atoms with Crippen LogP contribution in [-0.4, -0.2) is 13.1 Å². The topological polar surface area (TPSA) is 35.5 Å². The van der Waals surface area contributed by atoms with E-state index in [1.54, 1.807) is 0 Å². The van der Waals surface area contributed by atoms with E-state index in [-0.39, 0.29) is 0 Å². The lowest BCUT2D eigenvalue weighted by Gasteiger charge is -2.06. The van der Waals surface area contributed by atoms with Crippen LogP contribution in [0.5, 0.6) is 5.75 Å². The molecule has 0 radical (unpaired) electrons. The van der Waals surface area contributed by atoms with Crippen molar-refractivity contribution in [3.63, 3.8) is 0 Å². The van der Waals surface area contributed by atoms with Gasteiger partial charge in [-0.15, -0.1) is 0 Å². The third-order valence-electron chi connectivity index (χ3n) is 2.26. The smallest absolute Gasteiger partial charge is 0.293 e. The minimum Gasteiger partial charge on any atom is -0.494 e. The molecule has 0 N–H and O–H groups in total. The van der Waals surface area contributed by atoms with E-state index in [0.717, 1.165) is 24.3 Å². The monoisotopic (exact) mass is 222 g/mol. The first-order valence-corrected chi connectivity index (χ1v) is 5.63. The Kier molecular flexibility index (Phi) is 6.07. The van der Waals surface area contributed by atoms with Crippen molar-refractivity contribution in [2.45, 2.75) is 32.8 Å². The first-order valence-electron chi connectivity index (χ1n) is 5.63. The van der Waals surface area contributed by atoms with Crippen molar-refractivity contribution in [3.05, 3.63) is 29.8 Å². The van der Waals surface area contributed by atoms with Crippen molar-refractivity contribution < 1.29 is 14.3 Å². The van der Waals surface area contributed by atoms with E-state index in [1.165, 1.54) is 12.8 Å². The number of carbonyl (C=O) groups excluding carboxylic acids is 1. The molecule has 0 aromatic heterocycles. The van der Waals surface area contributed by atoms with Crippen molar-refractivity contribution >= 4 is 6.47 Å². The Bertz CT molecular complexity index is 293. The summed E-state index contributed by atoms with van der Waals surface area (Å²) in [5, 5.41) is 0. The summed E-state index contributed by atoms with van der Waals surface area (Å²) in [7, 11) is 0. The molecule has 0 aliphatic carbocycles. The van der Waals surface area contributed by atoms with Gasteiger partial charge in [-0.3, -0.25) is 4.79 Å². The second-order valence-electron chi connectivity index (χ2n) is 3.61. The number of rotatable bonds is 8. The summed E-state index contributed by atoms with van der Waals surface area (Å²) in [4.78, 5) is 10.0. The van der Waals surface area contributed by atoms with E-state index < -0.39 is 0 Å². The highest BCUT2D eigenvalue weighted by Crippen LogP contribution is 2.13. The predicted octanol–water partition coefficient (Wildman–Crippen LogP) is 2.93. The summed E-state index contributed by atoms with van der Waals surface area (Å²) in [6.45, 7) is 3.70. The Hall–Kier alpha value is -1.51. The minimum atomic E-state index is 0.319. The second-order valence-corrected chi connectivity index (χ2v) is 3.61. The molecule has 1 rings (SSSR count). The van der Waals surface area contributed by atoms with Gasteiger partial charge in [0.15, 0.2) is 0 Å². The maximum absolute atomic E-state index is 10.0. The molecule has 0 aliphatic heterocycles. The van der Waals surface area contributed by atoms with Crippen molar-refractivity contribution in [2.75, 3.05) is 6.61 Å². The molecule has 0 saturated carbocycles. The lowest BCUT2D eigenvalue weighted by molar-refractivity contribution is -0.129. The standard InChI is InChI=1S/C13H18O3/c1-2-3-4-9-16-13-7-5-12(6-8-13)10-15-11-14/h5-8,11H,2-4,9-10H2,1H3. The summed E-state index contributed by atoms with van der Waals surface area (Å²) in [6, 6.07) is 7.60. The van der Waals surface area contributed by atoms with Gasteiger partial charge in [-0.05, 0) is 24.1 Å². The van der Waals surface area contributed by atoms with Gasteiger partial charge in [0, 0.05) is 0 Å². The van der Waals surface area contributed by atoms with Crippen LogP contribution in [0, 0.1) is 0 Å². The Morgan fingerprint density at radius 1 is 1.19 bits per heavy atom. The molecule has 0 aliphatic rings. The molecule has 0 heterocycles. The summed E-state index contributed by atoms with van der Waals surface area (Å²) < 4.78 is 10.2. The molecule has 1 aromatic rings. The number of ether oxygens (including phenoxy) is 2. The number of unbranched alkanes of at least 4 members (excludes halogenated alkanes) is 2. The number of carbonyl (C=O) groups is 1. The van der Waals surface area contributed by atoms with Gasteiger partial charge in [0.1, 0.15) is 12.4 Å². The maximum Gasteiger partial charge on any atom is 0.293 e. The summed E-state index contributed by atoms with van der Waals surface area (Å²) >= 11 is 0. The zero-order valence-electron chi connectivity index (χ0n) is 9.65. The van der Waals surface area contributed by atoms with Crippen LogP contribution in [0.4, 0.5) is 0 Å². The zero-order valence-corrected chi connectivity index (χ0v) is 9.65. The fourth-order valence-corrected chi connectivity index (χ4v) is 1.35. The molecule has 3 nitrogen and oxygen atoms in total. The van der Waals surface area contributed by atoms with Crippen molar-refractivity contribution in [3.8, 4) is 5.75 Å². The lowest BCUT2D eigenvalue weighted by atomic mass is 10.2. The highest BCUT2D eigenvalue weighted by Gasteiger charge is 1.95. The summed E-state index contributed by atoms with van der Waals surface area (Å²) in [5.41, 5.74) is 0.966. The molecule has 0 bridgehead atoms. The quantitative estimate of drug-likeness (QED) is 0.501. The molecular formula is C13H18O3. The van der Waals surface area contributed by atoms with Crippen LogP contribution in [-0.2, 0) is 16.1 Å². The van der Waals surface area contributed by atoms with Crippen LogP contribution in [0.3, 0.4) is 0 Å². The van der Waals surface area contributed by atoms with E-state index >= 15 is 0 Å². The molecule has 0 amide bonds. The van der Waals surface area contributed by atoms with Gasteiger partial charge in [0.2, 0.25) is 0 Å². The molecule has 0 saturated heterocycles. The normalized spacial score (nSPS) is 9.81. The summed E-state index contributed by atoms with van der Waals surface area (Å²) in [5.74, 6) is 0.867. The predicted molar refractivity (Wildman–Crippen MR) is 62.3 cm³/mol. The third-order valence-corrected chi connectivity index (χ3v) is 2.26. The average molecular weight is 222 g/mol. The van der Waals surface area contributed by atoms with E-state index in [1.807, 2.05) is 24.3 Å². The van der Waals surface area contributed by atoms with E-state index in [9.17, 15) is 4.79 Å².